The average molecular weight is 278 g/mol. The molecule has 1 N–H and O–H groups in total. The number of thiophene rings is 1. The van der Waals surface area contributed by atoms with E-state index in [0.29, 0.717) is 5.41 Å². The second-order valence-electron chi connectivity index (χ2n) is 5.96. The number of carbonyl (C=O) groups is 1. The van der Waals surface area contributed by atoms with Gasteiger partial charge in [-0.15, -0.1) is 11.3 Å². The van der Waals surface area contributed by atoms with E-state index in [9.17, 15) is 4.79 Å². The number of esters is 1. The quantitative estimate of drug-likeness (QED) is 0.837. The minimum absolute atomic E-state index is 0.161. The molecule has 1 spiro atoms. The van der Waals surface area contributed by atoms with Gasteiger partial charge in [0.1, 0.15) is 5.00 Å². The van der Waals surface area contributed by atoms with Crippen LogP contribution in [-0.4, -0.2) is 32.7 Å². The first-order chi connectivity index (χ1) is 9.22. The number of nitrogens with zero attached hydrogens (tertiary/aromatic N) is 1. The molecule has 1 saturated heterocycles. The third-order valence-corrected chi connectivity index (χ3v) is 5.89. The van der Waals surface area contributed by atoms with Gasteiger partial charge in [0.05, 0.1) is 12.7 Å². The molecule has 0 amide bonds. The minimum atomic E-state index is -0.161. The summed E-state index contributed by atoms with van der Waals surface area (Å²) in [6, 6.07) is 0. The summed E-state index contributed by atoms with van der Waals surface area (Å²) in [7, 11) is 1.48. The van der Waals surface area contributed by atoms with Crippen LogP contribution in [0.5, 0.6) is 0 Å². The van der Waals surface area contributed by atoms with Crippen molar-refractivity contribution in [1.82, 2.24) is 5.32 Å². The van der Waals surface area contributed by atoms with Crippen LogP contribution >= 0.6 is 11.3 Å². The van der Waals surface area contributed by atoms with Gasteiger partial charge in [-0.3, -0.25) is 0 Å². The van der Waals surface area contributed by atoms with Crippen LogP contribution in [-0.2, 0) is 17.7 Å². The predicted octanol–water partition coefficient (Wildman–Crippen LogP) is 1.78. The van der Waals surface area contributed by atoms with Gasteiger partial charge >= 0.3 is 5.97 Å². The first kappa shape index (κ1) is 11.7. The van der Waals surface area contributed by atoms with Crippen molar-refractivity contribution in [2.24, 2.45) is 5.41 Å². The monoisotopic (exact) mass is 278 g/mol. The third-order valence-electron chi connectivity index (χ3n) is 4.60. The molecule has 3 heterocycles. The molecule has 19 heavy (non-hydrogen) atoms. The SMILES string of the molecule is COC(=O)c1c(N2CC3(CC3)C2)sc2c1CCNC2. The van der Waals surface area contributed by atoms with E-state index in [1.165, 1.54) is 30.4 Å². The molecular formula is C14H18N2O2S. The van der Waals surface area contributed by atoms with Crippen LogP contribution < -0.4 is 10.2 Å². The van der Waals surface area contributed by atoms with Crippen LogP contribution in [0.1, 0.15) is 33.6 Å². The Kier molecular flexibility index (Phi) is 2.45. The van der Waals surface area contributed by atoms with Gasteiger partial charge in [-0.1, -0.05) is 0 Å². The Hall–Kier alpha value is -1.07. The van der Waals surface area contributed by atoms with Gasteiger partial charge in [0, 0.05) is 29.9 Å². The number of hydrogen-bond donors (Lipinski definition) is 1. The molecule has 0 unspecified atom stereocenters. The Morgan fingerprint density at radius 1 is 1.42 bits per heavy atom. The van der Waals surface area contributed by atoms with Crippen molar-refractivity contribution in [2.45, 2.75) is 25.8 Å². The molecule has 102 valence electrons. The number of rotatable bonds is 2. The first-order valence-corrected chi connectivity index (χ1v) is 7.73. The van der Waals surface area contributed by atoms with Crippen LogP contribution in [0.15, 0.2) is 0 Å². The highest BCUT2D eigenvalue weighted by atomic mass is 32.1. The molecule has 0 radical (unpaired) electrons. The molecule has 4 nitrogen and oxygen atoms in total. The number of fused-ring (bicyclic) bond motifs is 1. The highest BCUT2D eigenvalue weighted by Crippen LogP contribution is 2.55. The number of carbonyl (C=O) groups excluding carboxylic acids is 1. The van der Waals surface area contributed by atoms with Gasteiger partial charge in [-0.05, 0) is 31.4 Å². The molecule has 1 aromatic heterocycles. The fourth-order valence-corrected chi connectivity index (χ4v) is 4.56. The van der Waals surface area contributed by atoms with E-state index in [2.05, 4.69) is 10.2 Å². The Morgan fingerprint density at radius 2 is 2.21 bits per heavy atom. The van der Waals surface area contributed by atoms with Crippen molar-refractivity contribution in [3.05, 3.63) is 16.0 Å². The van der Waals surface area contributed by atoms with Gasteiger partial charge in [0.2, 0.25) is 0 Å². The topological polar surface area (TPSA) is 41.6 Å². The molecule has 0 aromatic carbocycles. The lowest BCUT2D eigenvalue weighted by atomic mass is 9.96. The van der Waals surface area contributed by atoms with E-state index in [1.54, 1.807) is 11.3 Å². The Balaban J connectivity index is 1.72. The Bertz CT molecular complexity index is 540. The fourth-order valence-electron chi connectivity index (χ4n) is 3.26. The zero-order chi connectivity index (χ0) is 13.0. The summed E-state index contributed by atoms with van der Waals surface area (Å²) in [6.45, 7) is 4.10. The van der Waals surface area contributed by atoms with Crippen molar-refractivity contribution in [3.63, 3.8) is 0 Å². The molecule has 1 aliphatic carbocycles. The molecule has 2 fully saturated rings. The maximum atomic E-state index is 12.1. The third kappa shape index (κ3) is 1.71. The largest absolute Gasteiger partial charge is 0.465 e. The molecular weight excluding hydrogens is 260 g/mol. The van der Waals surface area contributed by atoms with E-state index < -0.39 is 0 Å². The zero-order valence-electron chi connectivity index (χ0n) is 11.1. The van der Waals surface area contributed by atoms with Crippen molar-refractivity contribution in [1.29, 1.82) is 0 Å². The summed E-state index contributed by atoms with van der Waals surface area (Å²) in [5.41, 5.74) is 2.68. The number of hydrogen-bond acceptors (Lipinski definition) is 5. The molecule has 5 heteroatoms. The summed E-state index contributed by atoms with van der Waals surface area (Å²) in [5, 5.41) is 4.53. The summed E-state index contributed by atoms with van der Waals surface area (Å²) < 4.78 is 5.01. The average Bonchev–Trinajstić information content (AvgIpc) is 3.11. The normalized spacial score (nSPS) is 22.9. The van der Waals surface area contributed by atoms with Gasteiger partial charge in [-0.25, -0.2) is 4.79 Å². The van der Waals surface area contributed by atoms with E-state index in [4.69, 9.17) is 4.74 Å². The maximum Gasteiger partial charge on any atom is 0.341 e. The molecule has 4 rings (SSSR count). The van der Waals surface area contributed by atoms with Crippen molar-refractivity contribution < 1.29 is 9.53 Å². The molecule has 0 atom stereocenters. The second-order valence-corrected chi connectivity index (χ2v) is 7.04. The Morgan fingerprint density at radius 3 is 2.89 bits per heavy atom. The predicted molar refractivity (Wildman–Crippen MR) is 74.9 cm³/mol. The summed E-state index contributed by atoms with van der Waals surface area (Å²) in [6.07, 6.45) is 3.67. The van der Waals surface area contributed by atoms with Gasteiger partial charge in [0.25, 0.3) is 0 Å². The molecule has 3 aliphatic rings. The summed E-state index contributed by atoms with van der Waals surface area (Å²) in [5.74, 6) is -0.161. The van der Waals surface area contributed by atoms with Crippen molar-refractivity contribution >= 4 is 22.3 Å². The van der Waals surface area contributed by atoms with Gasteiger partial charge in [0.15, 0.2) is 0 Å². The number of nitrogens with one attached hydrogen (secondary N) is 1. The summed E-state index contributed by atoms with van der Waals surface area (Å²) in [4.78, 5) is 15.8. The van der Waals surface area contributed by atoms with Crippen molar-refractivity contribution in [2.75, 3.05) is 31.6 Å². The Labute approximate surface area is 116 Å². The van der Waals surface area contributed by atoms with Crippen LogP contribution in [0, 0.1) is 5.41 Å². The molecule has 2 aliphatic heterocycles. The van der Waals surface area contributed by atoms with Crippen molar-refractivity contribution in [3.8, 4) is 0 Å². The van der Waals surface area contributed by atoms with Crippen LogP contribution in [0.2, 0.25) is 0 Å². The highest BCUT2D eigenvalue weighted by Gasteiger charge is 2.53. The number of ether oxygens (including phenoxy) is 1. The van der Waals surface area contributed by atoms with Gasteiger partial charge in [-0.2, -0.15) is 0 Å². The zero-order valence-corrected chi connectivity index (χ0v) is 11.9. The number of methoxy groups -OCH3 is 1. The number of anilines is 1. The standard InChI is InChI=1S/C14H18N2O2S/c1-18-13(17)11-9-2-5-15-6-10(9)19-12(11)16-7-14(8-16)3-4-14/h15H,2-8H2,1H3. The van der Waals surface area contributed by atoms with E-state index >= 15 is 0 Å². The van der Waals surface area contributed by atoms with E-state index in [1.807, 2.05) is 0 Å². The van der Waals surface area contributed by atoms with Crippen LogP contribution in [0.3, 0.4) is 0 Å². The summed E-state index contributed by atoms with van der Waals surface area (Å²) >= 11 is 1.78. The lowest BCUT2D eigenvalue weighted by Gasteiger charge is -2.41. The molecule has 1 aromatic rings. The maximum absolute atomic E-state index is 12.1. The lowest BCUT2D eigenvalue weighted by molar-refractivity contribution is 0.0600. The van der Waals surface area contributed by atoms with E-state index in [-0.39, 0.29) is 5.97 Å². The highest BCUT2D eigenvalue weighted by molar-refractivity contribution is 7.16. The van der Waals surface area contributed by atoms with E-state index in [0.717, 1.165) is 43.2 Å². The second kappa shape index (κ2) is 3.96. The van der Waals surface area contributed by atoms with Crippen LogP contribution in [0.4, 0.5) is 5.00 Å². The molecule has 0 bridgehead atoms. The molecule has 1 saturated carbocycles. The first-order valence-electron chi connectivity index (χ1n) is 6.91. The lowest BCUT2D eigenvalue weighted by Crippen LogP contribution is -2.48. The van der Waals surface area contributed by atoms with Crippen LogP contribution in [0.25, 0.3) is 0 Å². The fraction of sp³-hybridized carbons (Fsp3) is 0.643. The minimum Gasteiger partial charge on any atom is -0.465 e. The van der Waals surface area contributed by atoms with Gasteiger partial charge < -0.3 is 15.0 Å². The smallest absolute Gasteiger partial charge is 0.341 e.